The molecular formula is C17H27N3O. The number of carbonyl (C=O) groups is 1. The van der Waals surface area contributed by atoms with Gasteiger partial charge < -0.3 is 10.2 Å². The summed E-state index contributed by atoms with van der Waals surface area (Å²) < 4.78 is 0. The third-order valence-corrected chi connectivity index (χ3v) is 4.29. The van der Waals surface area contributed by atoms with Crippen molar-refractivity contribution in [3.05, 3.63) is 23.4 Å². The summed E-state index contributed by atoms with van der Waals surface area (Å²) in [5, 5.41) is 3.21. The van der Waals surface area contributed by atoms with Gasteiger partial charge in [-0.15, -0.1) is 0 Å². The van der Waals surface area contributed by atoms with Crippen molar-refractivity contribution >= 4 is 11.7 Å². The second-order valence-corrected chi connectivity index (χ2v) is 5.82. The van der Waals surface area contributed by atoms with E-state index in [0.717, 1.165) is 42.9 Å². The molecule has 1 fully saturated rings. The summed E-state index contributed by atoms with van der Waals surface area (Å²) in [5.41, 5.74) is 1.72. The SMILES string of the molecule is CCNc1cc(C(=O)N(C)C2CCCCC2)cc(CC)n1. The fourth-order valence-corrected chi connectivity index (χ4v) is 3.00. The first kappa shape index (κ1) is 15.8. The van der Waals surface area contributed by atoms with Gasteiger partial charge in [0.05, 0.1) is 0 Å². The predicted octanol–water partition coefficient (Wildman–Crippen LogP) is 3.48. The Hall–Kier alpha value is -1.58. The highest BCUT2D eigenvalue weighted by atomic mass is 16.2. The highest BCUT2D eigenvalue weighted by Gasteiger charge is 2.23. The van der Waals surface area contributed by atoms with Gasteiger partial charge in [0.25, 0.3) is 5.91 Å². The van der Waals surface area contributed by atoms with E-state index in [1.165, 1.54) is 19.3 Å². The van der Waals surface area contributed by atoms with Gasteiger partial charge in [-0.25, -0.2) is 4.98 Å². The summed E-state index contributed by atoms with van der Waals surface area (Å²) in [6.45, 7) is 4.92. The molecule has 0 radical (unpaired) electrons. The van der Waals surface area contributed by atoms with E-state index in [0.29, 0.717) is 6.04 Å². The Morgan fingerprint density at radius 1 is 1.29 bits per heavy atom. The Balaban J connectivity index is 2.18. The lowest BCUT2D eigenvalue weighted by atomic mass is 9.94. The number of anilines is 1. The minimum atomic E-state index is 0.123. The highest BCUT2D eigenvalue weighted by Crippen LogP contribution is 2.23. The molecule has 0 aromatic carbocycles. The summed E-state index contributed by atoms with van der Waals surface area (Å²) in [6, 6.07) is 4.21. The lowest BCUT2D eigenvalue weighted by molar-refractivity contribution is 0.0696. The lowest BCUT2D eigenvalue weighted by Gasteiger charge is -2.31. The number of hydrogen-bond acceptors (Lipinski definition) is 3. The minimum absolute atomic E-state index is 0.123. The molecule has 1 N–H and O–H groups in total. The first-order valence-electron chi connectivity index (χ1n) is 8.17. The van der Waals surface area contributed by atoms with Crippen LogP contribution in [0.4, 0.5) is 5.82 Å². The van der Waals surface area contributed by atoms with Gasteiger partial charge in [0.2, 0.25) is 0 Å². The summed E-state index contributed by atoms with van der Waals surface area (Å²) in [6.07, 6.45) is 6.88. The van der Waals surface area contributed by atoms with Gasteiger partial charge in [-0.1, -0.05) is 26.2 Å². The zero-order valence-electron chi connectivity index (χ0n) is 13.5. The van der Waals surface area contributed by atoms with Gasteiger partial charge in [0, 0.05) is 30.9 Å². The summed E-state index contributed by atoms with van der Waals surface area (Å²) in [4.78, 5) is 19.2. The van der Waals surface area contributed by atoms with Gasteiger partial charge in [0.1, 0.15) is 5.82 Å². The number of aromatic nitrogens is 1. The first-order valence-corrected chi connectivity index (χ1v) is 8.17. The van der Waals surface area contributed by atoms with Crippen molar-refractivity contribution in [3.8, 4) is 0 Å². The molecule has 0 aliphatic heterocycles. The van der Waals surface area contributed by atoms with Crippen molar-refractivity contribution in [2.45, 2.75) is 58.4 Å². The van der Waals surface area contributed by atoms with Crippen LogP contribution in [0.3, 0.4) is 0 Å². The highest BCUT2D eigenvalue weighted by molar-refractivity contribution is 5.95. The van der Waals surface area contributed by atoms with Gasteiger partial charge in [-0.2, -0.15) is 0 Å². The van der Waals surface area contributed by atoms with Crippen LogP contribution in [0.15, 0.2) is 12.1 Å². The number of carbonyl (C=O) groups excluding carboxylic acids is 1. The third-order valence-electron chi connectivity index (χ3n) is 4.29. The molecule has 116 valence electrons. The van der Waals surface area contributed by atoms with Gasteiger partial charge >= 0.3 is 0 Å². The number of nitrogens with one attached hydrogen (secondary N) is 1. The predicted molar refractivity (Wildman–Crippen MR) is 86.7 cm³/mol. The monoisotopic (exact) mass is 289 g/mol. The van der Waals surface area contributed by atoms with Crippen molar-refractivity contribution in [1.29, 1.82) is 0 Å². The van der Waals surface area contributed by atoms with Crippen molar-refractivity contribution in [3.63, 3.8) is 0 Å². The molecule has 4 heteroatoms. The van der Waals surface area contributed by atoms with E-state index in [4.69, 9.17) is 0 Å². The Labute approximate surface area is 127 Å². The molecule has 0 spiro atoms. The number of pyridine rings is 1. The molecule has 1 amide bonds. The molecule has 1 aliphatic carbocycles. The van der Waals surface area contributed by atoms with E-state index in [1.807, 2.05) is 31.0 Å². The lowest BCUT2D eigenvalue weighted by Crippen LogP contribution is -2.38. The average molecular weight is 289 g/mol. The van der Waals surface area contributed by atoms with Crippen LogP contribution in [0.25, 0.3) is 0 Å². The van der Waals surface area contributed by atoms with Crippen LogP contribution in [-0.4, -0.2) is 35.4 Å². The maximum Gasteiger partial charge on any atom is 0.254 e. The summed E-state index contributed by atoms with van der Waals surface area (Å²) >= 11 is 0. The molecule has 0 unspecified atom stereocenters. The van der Waals surface area contributed by atoms with Crippen LogP contribution in [0.2, 0.25) is 0 Å². The number of aryl methyl sites for hydroxylation is 1. The average Bonchev–Trinajstić information content (AvgIpc) is 2.54. The molecule has 1 heterocycles. The molecule has 1 aromatic heterocycles. The van der Waals surface area contributed by atoms with Crippen molar-refractivity contribution in [2.24, 2.45) is 0 Å². The molecule has 4 nitrogen and oxygen atoms in total. The van der Waals surface area contributed by atoms with E-state index >= 15 is 0 Å². The van der Waals surface area contributed by atoms with E-state index < -0.39 is 0 Å². The molecule has 2 rings (SSSR count). The van der Waals surface area contributed by atoms with Crippen LogP contribution >= 0.6 is 0 Å². The topological polar surface area (TPSA) is 45.2 Å². The van der Waals surface area contributed by atoms with Crippen molar-refractivity contribution in [2.75, 3.05) is 18.9 Å². The first-order chi connectivity index (χ1) is 10.2. The van der Waals surface area contributed by atoms with Crippen LogP contribution in [0, 0.1) is 0 Å². The van der Waals surface area contributed by atoms with Crippen LogP contribution in [-0.2, 0) is 6.42 Å². The van der Waals surface area contributed by atoms with Gasteiger partial charge in [-0.3, -0.25) is 4.79 Å². The van der Waals surface area contributed by atoms with Gasteiger partial charge in [-0.05, 0) is 38.3 Å². The molecule has 21 heavy (non-hydrogen) atoms. The fraction of sp³-hybridized carbons (Fsp3) is 0.647. The zero-order valence-corrected chi connectivity index (χ0v) is 13.5. The van der Waals surface area contributed by atoms with Crippen LogP contribution in [0.5, 0.6) is 0 Å². The van der Waals surface area contributed by atoms with E-state index in [-0.39, 0.29) is 5.91 Å². The maximum atomic E-state index is 12.7. The molecule has 0 atom stereocenters. The molecule has 0 bridgehead atoms. The van der Waals surface area contributed by atoms with Crippen molar-refractivity contribution in [1.82, 2.24) is 9.88 Å². The minimum Gasteiger partial charge on any atom is -0.370 e. The van der Waals surface area contributed by atoms with E-state index in [1.54, 1.807) is 0 Å². The Bertz CT molecular complexity index is 481. The third kappa shape index (κ3) is 3.96. The zero-order chi connectivity index (χ0) is 15.2. The molecular weight excluding hydrogens is 262 g/mol. The Kier molecular flexibility index (Phi) is 5.59. The largest absolute Gasteiger partial charge is 0.370 e. The van der Waals surface area contributed by atoms with Crippen molar-refractivity contribution < 1.29 is 4.79 Å². The number of hydrogen-bond donors (Lipinski definition) is 1. The molecule has 1 aromatic rings. The second-order valence-electron chi connectivity index (χ2n) is 5.82. The normalized spacial score (nSPS) is 15.8. The number of rotatable bonds is 5. The number of nitrogens with zero attached hydrogens (tertiary/aromatic N) is 2. The van der Waals surface area contributed by atoms with Crippen LogP contribution in [0.1, 0.15) is 62.0 Å². The standard InChI is InChI=1S/C17H27N3O/c1-4-14-11-13(12-16(19-14)18-5-2)17(21)20(3)15-9-7-6-8-10-15/h11-12,15H,4-10H2,1-3H3,(H,18,19). The summed E-state index contributed by atoms with van der Waals surface area (Å²) in [5.74, 6) is 0.926. The van der Waals surface area contributed by atoms with E-state index in [9.17, 15) is 4.79 Å². The number of amides is 1. The second kappa shape index (κ2) is 7.43. The van der Waals surface area contributed by atoms with Gasteiger partial charge in [0.15, 0.2) is 0 Å². The quantitative estimate of drug-likeness (QED) is 0.902. The maximum absolute atomic E-state index is 12.7. The Morgan fingerprint density at radius 3 is 2.62 bits per heavy atom. The van der Waals surface area contributed by atoms with E-state index in [2.05, 4.69) is 17.2 Å². The molecule has 1 saturated carbocycles. The fourth-order valence-electron chi connectivity index (χ4n) is 3.00. The smallest absolute Gasteiger partial charge is 0.254 e. The molecule has 0 saturated heterocycles. The Morgan fingerprint density at radius 2 is 2.00 bits per heavy atom. The summed E-state index contributed by atoms with van der Waals surface area (Å²) in [7, 11) is 1.94. The van der Waals surface area contributed by atoms with Crippen LogP contribution < -0.4 is 5.32 Å². The molecule has 1 aliphatic rings.